The van der Waals surface area contributed by atoms with E-state index >= 15 is 0 Å². The van der Waals surface area contributed by atoms with Gasteiger partial charge in [-0.3, -0.25) is 4.79 Å². The Morgan fingerprint density at radius 1 is 0.694 bits per heavy atom. The summed E-state index contributed by atoms with van der Waals surface area (Å²) in [6.45, 7) is 0. The van der Waals surface area contributed by atoms with Crippen molar-refractivity contribution in [2.75, 3.05) is 0 Å². The van der Waals surface area contributed by atoms with E-state index in [1.807, 2.05) is 0 Å². The molecule has 0 saturated carbocycles. The molecule has 2 nitrogen and oxygen atoms in total. The molecule has 11 heteroatoms. The number of carboxylic acid groups (broad SMARTS) is 1. The van der Waals surface area contributed by atoms with E-state index in [-0.39, 0.29) is 27.8 Å². The Bertz CT molecular complexity index is 1210. The highest BCUT2D eigenvalue weighted by Gasteiger charge is 2.34. The SMILES string of the molecule is O=C(O)C(CCC(F)(F)F)c1cccc(-c2ccc(C(F)(F)F)cc2)c1-c1ccc(C(F)(F)F)cc1. The van der Waals surface area contributed by atoms with E-state index in [1.165, 1.54) is 18.2 Å². The minimum atomic E-state index is -4.68. The van der Waals surface area contributed by atoms with Gasteiger partial charge in [0.25, 0.3) is 0 Å². The van der Waals surface area contributed by atoms with E-state index in [1.54, 1.807) is 0 Å². The van der Waals surface area contributed by atoms with Crippen molar-refractivity contribution in [1.82, 2.24) is 0 Å². The average molecular weight is 520 g/mol. The molecule has 0 fully saturated rings. The zero-order valence-electron chi connectivity index (χ0n) is 18.1. The molecule has 0 spiro atoms. The summed E-state index contributed by atoms with van der Waals surface area (Å²) in [7, 11) is 0. The molecule has 0 radical (unpaired) electrons. The van der Waals surface area contributed by atoms with Crippen LogP contribution in [0.3, 0.4) is 0 Å². The third-order valence-corrected chi connectivity index (χ3v) is 5.51. The van der Waals surface area contributed by atoms with Gasteiger partial charge in [0.2, 0.25) is 0 Å². The van der Waals surface area contributed by atoms with Crippen LogP contribution in [0.25, 0.3) is 22.3 Å². The van der Waals surface area contributed by atoms with Crippen molar-refractivity contribution in [3.63, 3.8) is 0 Å². The molecule has 3 aromatic rings. The first kappa shape index (κ1) is 27.1. The summed E-state index contributed by atoms with van der Waals surface area (Å²) in [5.74, 6) is -3.27. The number of benzene rings is 3. The van der Waals surface area contributed by atoms with Crippen LogP contribution < -0.4 is 0 Å². The second kappa shape index (κ2) is 9.87. The van der Waals surface area contributed by atoms with Gasteiger partial charge >= 0.3 is 24.5 Å². The van der Waals surface area contributed by atoms with E-state index in [0.717, 1.165) is 48.5 Å². The smallest absolute Gasteiger partial charge is 0.416 e. The van der Waals surface area contributed by atoms with Crippen molar-refractivity contribution in [2.45, 2.75) is 37.3 Å². The molecule has 3 aromatic carbocycles. The topological polar surface area (TPSA) is 37.3 Å². The Kier molecular flexibility index (Phi) is 7.42. The van der Waals surface area contributed by atoms with Crippen molar-refractivity contribution < 1.29 is 49.4 Å². The zero-order chi connectivity index (χ0) is 26.9. The lowest BCUT2D eigenvalue weighted by atomic mass is 9.83. The average Bonchev–Trinajstić information content (AvgIpc) is 2.77. The first-order valence-electron chi connectivity index (χ1n) is 10.4. The van der Waals surface area contributed by atoms with Crippen LogP contribution in [0.4, 0.5) is 39.5 Å². The third kappa shape index (κ3) is 6.38. The molecule has 0 aliphatic carbocycles. The highest BCUT2D eigenvalue weighted by molar-refractivity contribution is 5.90. The predicted octanol–water partition coefficient (Wildman–Crippen LogP) is 8.57. The Morgan fingerprint density at radius 2 is 1.17 bits per heavy atom. The van der Waals surface area contributed by atoms with Crippen LogP contribution in [0.2, 0.25) is 0 Å². The molecule has 0 heterocycles. The quantitative estimate of drug-likeness (QED) is 0.331. The molecular formula is C25H17F9O2. The molecule has 1 unspecified atom stereocenters. The maximum atomic E-state index is 13.0. The Morgan fingerprint density at radius 3 is 1.58 bits per heavy atom. The van der Waals surface area contributed by atoms with Crippen LogP contribution in [0.15, 0.2) is 66.7 Å². The summed E-state index contributed by atoms with van der Waals surface area (Å²) in [5.41, 5.74) is -1.69. The van der Waals surface area contributed by atoms with Gasteiger partial charge in [0.05, 0.1) is 17.0 Å². The monoisotopic (exact) mass is 520 g/mol. The first-order valence-corrected chi connectivity index (χ1v) is 10.4. The van der Waals surface area contributed by atoms with Crippen LogP contribution in [0.1, 0.15) is 35.4 Å². The minimum absolute atomic E-state index is 0.0144. The largest absolute Gasteiger partial charge is 0.481 e. The number of rotatable bonds is 6. The Balaban J connectivity index is 2.22. The highest BCUT2D eigenvalue weighted by Crippen LogP contribution is 2.42. The highest BCUT2D eigenvalue weighted by atomic mass is 19.4. The maximum absolute atomic E-state index is 13.0. The second-order valence-electron chi connectivity index (χ2n) is 7.96. The number of hydrogen-bond donors (Lipinski definition) is 1. The molecular weight excluding hydrogens is 503 g/mol. The molecule has 0 bridgehead atoms. The zero-order valence-corrected chi connectivity index (χ0v) is 18.1. The van der Waals surface area contributed by atoms with E-state index in [0.29, 0.717) is 0 Å². The summed E-state index contributed by atoms with van der Waals surface area (Å²) < 4.78 is 117. The lowest BCUT2D eigenvalue weighted by Gasteiger charge is -2.21. The number of halogens is 9. The standard InChI is InChI=1S/C25H17F9O2/c26-23(27,28)13-12-20(22(35)36)19-3-1-2-18(14-4-8-16(9-5-14)24(29,30)31)21(19)15-6-10-17(11-7-15)25(32,33)34/h1-11,20H,12-13H2,(H,35,36). The molecule has 0 aliphatic heterocycles. The molecule has 0 amide bonds. The molecule has 0 aromatic heterocycles. The van der Waals surface area contributed by atoms with E-state index < -0.39 is 54.4 Å². The van der Waals surface area contributed by atoms with Crippen molar-refractivity contribution in [1.29, 1.82) is 0 Å². The third-order valence-electron chi connectivity index (χ3n) is 5.51. The maximum Gasteiger partial charge on any atom is 0.416 e. The minimum Gasteiger partial charge on any atom is -0.481 e. The summed E-state index contributed by atoms with van der Waals surface area (Å²) >= 11 is 0. The van der Waals surface area contributed by atoms with Gasteiger partial charge in [-0.2, -0.15) is 39.5 Å². The van der Waals surface area contributed by atoms with Crippen molar-refractivity contribution in [3.8, 4) is 22.3 Å². The molecule has 3 rings (SSSR count). The number of alkyl halides is 9. The predicted molar refractivity (Wildman–Crippen MR) is 113 cm³/mol. The van der Waals surface area contributed by atoms with Gasteiger partial charge in [0.15, 0.2) is 0 Å². The van der Waals surface area contributed by atoms with Gasteiger partial charge in [0.1, 0.15) is 0 Å². The van der Waals surface area contributed by atoms with Crippen molar-refractivity contribution in [2.24, 2.45) is 0 Å². The lowest BCUT2D eigenvalue weighted by molar-refractivity contribution is -0.145. The van der Waals surface area contributed by atoms with Gasteiger partial charge in [-0.05, 0) is 58.5 Å². The second-order valence-corrected chi connectivity index (χ2v) is 7.96. The van der Waals surface area contributed by atoms with Crippen molar-refractivity contribution in [3.05, 3.63) is 83.4 Å². The Labute approximate surface area is 199 Å². The summed E-state index contributed by atoms with van der Waals surface area (Å²) in [6, 6.07) is 11.3. The molecule has 1 N–H and O–H groups in total. The molecule has 192 valence electrons. The number of aliphatic carboxylic acids is 1. The number of carboxylic acids is 1. The molecule has 36 heavy (non-hydrogen) atoms. The van der Waals surface area contributed by atoms with Crippen LogP contribution in [0.5, 0.6) is 0 Å². The first-order chi connectivity index (χ1) is 16.6. The van der Waals surface area contributed by atoms with Gasteiger partial charge < -0.3 is 5.11 Å². The van der Waals surface area contributed by atoms with E-state index in [4.69, 9.17) is 0 Å². The van der Waals surface area contributed by atoms with Gasteiger partial charge in [0, 0.05) is 6.42 Å². The summed E-state index contributed by atoms with van der Waals surface area (Å²) in [5, 5.41) is 9.69. The van der Waals surface area contributed by atoms with Gasteiger partial charge in [-0.25, -0.2) is 0 Å². The van der Waals surface area contributed by atoms with Gasteiger partial charge in [-0.1, -0.05) is 42.5 Å². The molecule has 0 saturated heterocycles. The van der Waals surface area contributed by atoms with Crippen LogP contribution in [-0.4, -0.2) is 17.3 Å². The molecule has 0 aliphatic rings. The molecule has 1 atom stereocenters. The fourth-order valence-corrected chi connectivity index (χ4v) is 3.81. The number of hydrogen-bond acceptors (Lipinski definition) is 1. The number of carbonyl (C=O) groups is 1. The fourth-order valence-electron chi connectivity index (χ4n) is 3.81. The Hall–Kier alpha value is -3.50. The lowest BCUT2D eigenvalue weighted by Crippen LogP contribution is -2.17. The fraction of sp³-hybridized carbons (Fsp3) is 0.240. The van der Waals surface area contributed by atoms with Crippen molar-refractivity contribution >= 4 is 5.97 Å². The van der Waals surface area contributed by atoms with Crippen LogP contribution in [-0.2, 0) is 17.1 Å². The van der Waals surface area contributed by atoms with E-state index in [9.17, 15) is 49.4 Å². The summed E-state index contributed by atoms with van der Waals surface area (Å²) in [4.78, 5) is 11.9. The van der Waals surface area contributed by atoms with Crippen LogP contribution in [0, 0.1) is 0 Å². The normalized spacial score (nSPS) is 13.5. The summed E-state index contributed by atoms with van der Waals surface area (Å²) in [6.07, 6.45) is -16.2. The van der Waals surface area contributed by atoms with Crippen LogP contribution >= 0.6 is 0 Å². The van der Waals surface area contributed by atoms with Gasteiger partial charge in [-0.15, -0.1) is 0 Å². The van der Waals surface area contributed by atoms with E-state index in [2.05, 4.69) is 0 Å².